The zero-order chi connectivity index (χ0) is 20.2. The van der Waals surface area contributed by atoms with E-state index in [9.17, 15) is 0 Å². The van der Waals surface area contributed by atoms with Crippen molar-refractivity contribution in [3.8, 4) is 0 Å². The summed E-state index contributed by atoms with van der Waals surface area (Å²) < 4.78 is 0. The normalized spacial score (nSPS) is 23.7. The van der Waals surface area contributed by atoms with Gasteiger partial charge < -0.3 is 4.90 Å². The highest BCUT2D eigenvalue weighted by Crippen LogP contribution is 2.29. The average molecular weight is 394 g/mol. The molecule has 0 radical (unpaired) electrons. The summed E-state index contributed by atoms with van der Waals surface area (Å²) in [6.45, 7) is 9.91. The van der Waals surface area contributed by atoms with Crippen LogP contribution >= 0.6 is 0 Å². The van der Waals surface area contributed by atoms with Crippen molar-refractivity contribution in [2.24, 2.45) is 5.92 Å². The van der Waals surface area contributed by atoms with Gasteiger partial charge in [-0.1, -0.05) is 18.2 Å². The van der Waals surface area contributed by atoms with Gasteiger partial charge in [0.05, 0.1) is 6.04 Å². The van der Waals surface area contributed by atoms with Gasteiger partial charge in [0.1, 0.15) is 0 Å². The molecule has 2 aliphatic heterocycles. The highest BCUT2D eigenvalue weighted by atomic mass is 15.4. The molecule has 156 valence electrons. The lowest BCUT2D eigenvalue weighted by atomic mass is 9.91. The number of benzene rings is 1. The summed E-state index contributed by atoms with van der Waals surface area (Å²) in [6.07, 6.45) is 6.34. The molecule has 2 unspecified atom stereocenters. The van der Waals surface area contributed by atoms with Crippen molar-refractivity contribution in [2.75, 3.05) is 33.2 Å². The minimum Gasteiger partial charge on any atom is -0.306 e. The molecule has 2 fully saturated rings. The molecule has 0 spiro atoms. The Hall–Kier alpha value is -1.79. The summed E-state index contributed by atoms with van der Waals surface area (Å²) in [7, 11) is 2.24. The zero-order valence-corrected chi connectivity index (χ0v) is 18.1. The molecule has 1 aromatic carbocycles. The van der Waals surface area contributed by atoms with Crippen LogP contribution in [0.5, 0.6) is 0 Å². The molecule has 3 heterocycles. The highest BCUT2D eigenvalue weighted by Gasteiger charge is 2.33. The average Bonchev–Trinajstić information content (AvgIpc) is 3.19. The van der Waals surface area contributed by atoms with E-state index in [0.29, 0.717) is 18.0 Å². The monoisotopic (exact) mass is 393 g/mol. The van der Waals surface area contributed by atoms with Gasteiger partial charge in [0.2, 0.25) is 0 Å². The predicted octanol–water partition coefficient (Wildman–Crippen LogP) is 3.06. The smallest absolute Gasteiger partial charge is 0.0515 e. The maximum Gasteiger partial charge on any atom is 0.0515 e. The van der Waals surface area contributed by atoms with Crippen LogP contribution in [0.4, 0.5) is 0 Å². The van der Waals surface area contributed by atoms with Crippen molar-refractivity contribution < 1.29 is 0 Å². The summed E-state index contributed by atoms with van der Waals surface area (Å²) in [6, 6.07) is 12.2. The molecule has 1 aromatic heterocycles. The van der Waals surface area contributed by atoms with Gasteiger partial charge in [-0.05, 0) is 81.2 Å². The maximum absolute atomic E-state index is 4.20. The molecule has 29 heavy (non-hydrogen) atoms. The van der Waals surface area contributed by atoms with Crippen molar-refractivity contribution in [1.29, 1.82) is 0 Å². The number of nitrogens with zero attached hydrogens (tertiary/aromatic N) is 3. The van der Waals surface area contributed by atoms with Crippen molar-refractivity contribution >= 4 is 0 Å². The number of hydrazine groups is 1. The summed E-state index contributed by atoms with van der Waals surface area (Å²) in [4.78, 5) is 9.39. The topological polar surface area (TPSA) is 43.4 Å². The largest absolute Gasteiger partial charge is 0.306 e. The lowest BCUT2D eigenvalue weighted by Crippen LogP contribution is -2.46. The van der Waals surface area contributed by atoms with E-state index in [2.05, 4.69) is 76.9 Å². The van der Waals surface area contributed by atoms with Crippen molar-refractivity contribution in [2.45, 2.75) is 45.3 Å². The number of nitrogens with one attached hydrogen (secondary N) is 2. The SMILES string of the molecule is Cc1ccc(C2NNCC2CN(Cc2ccncc2)C2CCN(C)CC2)cc1C. The number of rotatable bonds is 6. The Balaban J connectivity index is 1.51. The molecular weight excluding hydrogens is 358 g/mol. The third kappa shape index (κ3) is 5.04. The molecule has 2 aromatic rings. The molecule has 2 N–H and O–H groups in total. The van der Waals surface area contributed by atoms with Gasteiger partial charge in [0.25, 0.3) is 0 Å². The van der Waals surface area contributed by atoms with Gasteiger partial charge in [-0.15, -0.1) is 0 Å². The number of aromatic nitrogens is 1. The summed E-state index contributed by atoms with van der Waals surface area (Å²) in [5, 5.41) is 0. The van der Waals surface area contributed by atoms with E-state index in [1.54, 1.807) is 0 Å². The Morgan fingerprint density at radius 3 is 2.55 bits per heavy atom. The van der Waals surface area contributed by atoms with Crippen LogP contribution in [0.2, 0.25) is 0 Å². The van der Waals surface area contributed by atoms with Crippen LogP contribution in [0.1, 0.15) is 41.1 Å². The van der Waals surface area contributed by atoms with Gasteiger partial charge >= 0.3 is 0 Å². The van der Waals surface area contributed by atoms with E-state index in [1.807, 2.05) is 12.4 Å². The fourth-order valence-electron chi connectivity index (χ4n) is 4.75. The first-order valence-electron chi connectivity index (χ1n) is 11.0. The molecule has 0 bridgehead atoms. The van der Waals surface area contributed by atoms with E-state index in [0.717, 1.165) is 19.6 Å². The number of pyridine rings is 1. The van der Waals surface area contributed by atoms with E-state index >= 15 is 0 Å². The third-order valence-electron chi connectivity index (χ3n) is 6.79. The lowest BCUT2D eigenvalue weighted by Gasteiger charge is -2.39. The summed E-state index contributed by atoms with van der Waals surface area (Å²) in [5.74, 6) is 0.554. The van der Waals surface area contributed by atoms with E-state index in [-0.39, 0.29) is 0 Å². The van der Waals surface area contributed by atoms with E-state index in [4.69, 9.17) is 0 Å². The van der Waals surface area contributed by atoms with Gasteiger partial charge in [-0.3, -0.25) is 15.3 Å². The fraction of sp³-hybridized carbons (Fsp3) is 0.542. The Kier molecular flexibility index (Phi) is 6.60. The van der Waals surface area contributed by atoms with Crippen molar-refractivity contribution in [3.63, 3.8) is 0 Å². The number of piperidine rings is 1. The van der Waals surface area contributed by atoms with Crippen LogP contribution in [0.25, 0.3) is 0 Å². The van der Waals surface area contributed by atoms with Gasteiger partial charge in [0.15, 0.2) is 0 Å². The van der Waals surface area contributed by atoms with Crippen LogP contribution in [-0.4, -0.2) is 54.1 Å². The number of aryl methyl sites for hydroxylation is 2. The van der Waals surface area contributed by atoms with Crippen LogP contribution in [0, 0.1) is 19.8 Å². The van der Waals surface area contributed by atoms with Crippen LogP contribution in [0.3, 0.4) is 0 Å². The molecule has 5 heteroatoms. The predicted molar refractivity (Wildman–Crippen MR) is 118 cm³/mol. The number of hydrogen-bond donors (Lipinski definition) is 2. The molecular formula is C24H35N5. The molecule has 5 nitrogen and oxygen atoms in total. The van der Waals surface area contributed by atoms with Crippen molar-refractivity contribution in [3.05, 3.63) is 65.0 Å². The molecule has 0 amide bonds. The number of hydrogen-bond acceptors (Lipinski definition) is 5. The first-order chi connectivity index (χ1) is 14.1. The standard InChI is InChI=1S/C24H35N5/c1-18-4-5-21(14-19(18)2)24-22(15-26-27-24)17-29(16-20-6-10-25-11-7-20)23-8-12-28(3)13-9-23/h4-7,10-11,14,22-24,26-27H,8-9,12-13,15-17H2,1-3H3. The minimum absolute atomic E-state index is 0.362. The fourth-order valence-corrected chi connectivity index (χ4v) is 4.75. The minimum atomic E-state index is 0.362. The van der Waals surface area contributed by atoms with E-state index in [1.165, 1.54) is 48.2 Å². The van der Waals surface area contributed by atoms with Crippen LogP contribution < -0.4 is 10.9 Å². The van der Waals surface area contributed by atoms with Gasteiger partial charge in [-0.2, -0.15) is 0 Å². The Bertz CT molecular complexity index is 785. The Morgan fingerprint density at radius 2 is 1.83 bits per heavy atom. The third-order valence-corrected chi connectivity index (χ3v) is 6.79. The molecule has 4 rings (SSSR count). The first kappa shape index (κ1) is 20.5. The van der Waals surface area contributed by atoms with Gasteiger partial charge in [-0.25, -0.2) is 5.43 Å². The molecule has 0 saturated carbocycles. The highest BCUT2D eigenvalue weighted by molar-refractivity contribution is 5.32. The second-order valence-corrected chi connectivity index (χ2v) is 8.93. The van der Waals surface area contributed by atoms with Crippen LogP contribution in [-0.2, 0) is 6.54 Å². The molecule has 2 aliphatic rings. The first-order valence-corrected chi connectivity index (χ1v) is 11.0. The lowest BCUT2D eigenvalue weighted by molar-refractivity contribution is 0.0973. The Labute approximate surface area is 175 Å². The van der Waals surface area contributed by atoms with Gasteiger partial charge in [0, 0.05) is 44.0 Å². The summed E-state index contributed by atoms with van der Waals surface area (Å²) >= 11 is 0. The quantitative estimate of drug-likeness (QED) is 0.790. The molecule has 2 atom stereocenters. The van der Waals surface area contributed by atoms with Crippen LogP contribution in [0.15, 0.2) is 42.7 Å². The maximum atomic E-state index is 4.20. The summed E-state index contributed by atoms with van der Waals surface area (Å²) in [5.41, 5.74) is 12.5. The molecule has 2 saturated heterocycles. The second kappa shape index (κ2) is 9.35. The van der Waals surface area contributed by atoms with Crippen molar-refractivity contribution in [1.82, 2.24) is 25.6 Å². The Morgan fingerprint density at radius 1 is 1.07 bits per heavy atom. The van der Waals surface area contributed by atoms with E-state index < -0.39 is 0 Å². The zero-order valence-electron chi connectivity index (χ0n) is 18.1. The second-order valence-electron chi connectivity index (χ2n) is 8.93. The molecule has 0 aliphatic carbocycles. The number of likely N-dealkylation sites (tertiary alicyclic amines) is 1.